The number of hydrogen-bond donors (Lipinski definition) is 1. The van der Waals surface area contributed by atoms with Crippen molar-refractivity contribution in [2.45, 2.75) is 31.9 Å². The Labute approximate surface area is 139 Å². The van der Waals surface area contributed by atoms with E-state index < -0.39 is 21.7 Å². The third kappa shape index (κ3) is 9.95. The van der Waals surface area contributed by atoms with Gasteiger partial charge in [-0.1, -0.05) is 13.0 Å². The molecule has 0 fully saturated rings. The Kier molecular flexibility index (Phi) is 9.89. The summed E-state index contributed by atoms with van der Waals surface area (Å²) in [6.45, 7) is 2.78. The Morgan fingerprint density at radius 1 is 1.25 bits per heavy atom. The highest BCUT2D eigenvalue weighted by Crippen LogP contribution is 2.25. The van der Waals surface area contributed by atoms with Crippen LogP contribution in [0.25, 0.3) is 0 Å². The molecule has 2 aromatic rings. The summed E-state index contributed by atoms with van der Waals surface area (Å²) in [6, 6.07) is 5.72. The predicted octanol–water partition coefficient (Wildman–Crippen LogP) is 2.57. The van der Waals surface area contributed by atoms with Crippen LogP contribution in [-0.2, 0) is 21.3 Å². The quantitative estimate of drug-likeness (QED) is 0.513. The van der Waals surface area contributed by atoms with E-state index in [1.54, 1.807) is 12.4 Å². The van der Waals surface area contributed by atoms with E-state index >= 15 is 0 Å². The van der Waals surface area contributed by atoms with E-state index in [2.05, 4.69) is 14.2 Å². The lowest BCUT2D eigenvalue weighted by Crippen LogP contribution is -2.28. The number of hydrogen-bond acceptors (Lipinski definition) is 4. The molecule has 0 aliphatic rings. The molecule has 10 heteroatoms. The van der Waals surface area contributed by atoms with Gasteiger partial charge >= 0.3 is 15.6 Å². The Morgan fingerprint density at radius 2 is 1.83 bits per heavy atom. The molecule has 0 aromatic carbocycles. The van der Waals surface area contributed by atoms with Gasteiger partial charge in [0.2, 0.25) is 6.33 Å². The third-order valence-electron chi connectivity index (χ3n) is 2.40. The van der Waals surface area contributed by atoms with Crippen LogP contribution in [0.3, 0.4) is 0 Å². The van der Waals surface area contributed by atoms with Crippen molar-refractivity contribution in [2.75, 3.05) is 0 Å². The highest BCUT2D eigenvalue weighted by Gasteiger charge is 2.47. The van der Waals surface area contributed by atoms with Crippen molar-refractivity contribution in [3.63, 3.8) is 0 Å². The number of H-pyrrole nitrogens is 1. The molecule has 0 spiro atoms. The second kappa shape index (κ2) is 10.8. The first-order chi connectivity index (χ1) is 11.1. The standard InChI is InChI=1S/C5H9F3O3S.C5H5N.C4H6N2/c1-3-4(2)11-12(9,10)5(6,7)8;1-2-4-6-5-3-1;1-6-3-2-5-4-6/h4H,3H2,1-2H3;1-5H;2-4H,1H3/p+1. The summed E-state index contributed by atoms with van der Waals surface area (Å²) in [6.07, 6.45) is 8.45. The number of aromatic nitrogens is 3. The van der Waals surface area contributed by atoms with Crippen molar-refractivity contribution in [1.29, 1.82) is 0 Å². The topological polar surface area (TPSA) is 75.9 Å². The minimum Gasteiger partial charge on any atom is -0.265 e. The van der Waals surface area contributed by atoms with E-state index in [1.165, 1.54) is 13.8 Å². The summed E-state index contributed by atoms with van der Waals surface area (Å²) in [5.41, 5.74) is -5.32. The van der Waals surface area contributed by atoms with Gasteiger partial charge in [0.15, 0.2) is 0 Å². The van der Waals surface area contributed by atoms with Crippen molar-refractivity contribution < 1.29 is 30.3 Å². The molecule has 0 aliphatic heterocycles. The number of aromatic amines is 1. The number of nitrogens with zero attached hydrogens (tertiary/aromatic N) is 2. The molecular weight excluding hydrogens is 347 g/mol. The van der Waals surface area contributed by atoms with Gasteiger partial charge in [0.05, 0.1) is 13.2 Å². The molecule has 1 N–H and O–H groups in total. The second-order valence-electron chi connectivity index (χ2n) is 4.52. The van der Waals surface area contributed by atoms with E-state index in [4.69, 9.17) is 0 Å². The lowest BCUT2D eigenvalue weighted by molar-refractivity contribution is -0.670. The van der Waals surface area contributed by atoms with Crippen molar-refractivity contribution >= 4 is 10.1 Å². The molecule has 136 valence electrons. The third-order valence-corrected chi connectivity index (χ3v) is 3.55. The highest BCUT2D eigenvalue weighted by molar-refractivity contribution is 7.87. The van der Waals surface area contributed by atoms with E-state index in [1.807, 2.05) is 48.5 Å². The SMILES string of the molecule is CCC(C)OS(=O)(=O)C(F)(F)F.C[n+]1cc[nH]c1.c1ccncc1. The maximum absolute atomic E-state index is 11.6. The molecule has 6 nitrogen and oxygen atoms in total. The van der Waals surface area contributed by atoms with Crippen LogP contribution in [0, 0.1) is 0 Å². The first-order valence-corrected chi connectivity index (χ1v) is 8.33. The lowest BCUT2D eigenvalue weighted by atomic mass is 10.3. The Balaban J connectivity index is 0.000000364. The summed E-state index contributed by atoms with van der Waals surface area (Å²) < 4.78 is 61.1. The summed E-state index contributed by atoms with van der Waals surface area (Å²) in [7, 11) is -3.44. The summed E-state index contributed by atoms with van der Waals surface area (Å²) >= 11 is 0. The van der Waals surface area contributed by atoms with Gasteiger partial charge in [-0.2, -0.15) is 21.6 Å². The fraction of sp³-hybridized carbons (Fsp3) is 0.429. The van der Waals surface area contributed by atoms with Crippen LogP contribution in [0.15, 0.2) is 49.3 Å². The number of nitrogens with one attached hydrogen (secondary N) is 1. The molecule has 0 saturated carbocycles. The summed E-state index contributed by atoms with van der Waals surface area (Å²) in [4.78, 5) is 6.68. The van der Waals surface area contributed by atoms with Crippen molar-refractivity contribution in [3.05, 3.63) is 49.3 Å². The van der Waals surface area contributed by atoms with Crippen molar-refractivity contribution in [2.24, 2.45) is 7.05 Å². The van der Waals surface area contributed by atoms with Crippen LogP contribution in [0.1, 0.15) is 20.3 Å². The minimum atomic E-state index is -5.41. The van der Waals surface area contributed by atoms with Crippen LogP contribution in [0.5, 0.6) is 0 Å². The lowest BCUT2D eigenvalue weighted by Gasteiger charge is -2.12. The van der Waals surface area contributed by atoms with Crippen LogP contribution in [-0.4, -0.2) is 30.0 Å². The molecule has 0 saturated heterocycles. The summed E-state index contributed by atoms with van der Waals surface area (Å²) in [5.74, 6) is 0. The Bertz CT molecular complexity index is 606. The molecular formula is C14H21F3N3O3S+. The fourth-order valence-corrected chi connectivity index (χ4v) is 1.69. The number of imidazole rings is 1. The van der Waals surface area contributed by atoms with Crippen LogP contribution in [0.2, 0.25) is 0 Å². The molecule has 2 aromatic heterocycles. The van der Waals surface area contributed by atoms with Gasteiger partial charge in [-0.25, -0.2) is 4.57 Å². The molecule has 2 rings (SSSR count). The normalized spacial score (nSPS) is 12.2. The zero-order chi connectivity index (χ0) is 18.6. The fourth-order valence-electron chi connectivity index (χ4n) is 1.02. The predicted molar refractivity (Wildman–Crippen MR) is 82.0 cm³/mol. The van der Waals surface area contributed by atoms with Gasteiger partial charge in [-0.3, -0.25) is 14.2 Å². The number of halogens is 3. The zero-order valence-corrected chi connectivity index (χ0v) is 14.4. The van der Waals surface area contributed by atoms with Gasteiger partial charge < -0.3 is 0 Å². The maximum Gasteiger partial charge on any atom is 0.523 e. The minimum absolute atomic E-state index is 0.204. The molecule has 0 radical (unpaired) electrons. The molecule has 0 amide bonds. The number of rotatable bonds is 3. The monoisotopic (exact) mass is 368 g/mol. The Morgan fingerprint density at radius 3 is 2.04 bits per heavy atom. The molecule has 24 heavy (non-hydrogen) atoms. The molecule has 0 aliphatic carbocycles. The van der Waals surface area contributed by atoms with E-state index in [0.717, 1.165) is 0 Å². The van der Waals surface area contributed by atoms with E-state index in [-0.39, 0.29) is 6.42 Å². The molecule has 1 unspecified atom stereocenters. The average molecular weight is 368 g/mol. The highest BCUT2D eigenvalue weighted by atomic mass is 32.2. The largest absolute Gasteiger partial charge is 0.523 e. The molecule has 1 atom stereocenters. The van der Waals surface area contributed by atoms with Gasteiger partial charge in [0.25, 0.3) is 0 Å². The van der Waals surface area contributed by atoms with E-state index in [9.17, 15) is 21.6 Å². The smallest absolute Gasteiger partial charge is 0.265 e. The van der Waals surface area contributed by atoms with Gasteiger partial charge in [0, 0.05) is 12.4 Å². The number of alkyl halides is 3. The zero-order valence-electron chi connectivity index (χ0n) is 13.6. The Hall–Kier alpha value is -1.94. The first kappa shape index (κ1) is 22.1. The first-order valence-electron chi connectivity index (χ1n) is 6.92. The summed E-state index contributed by atoms with van der Waals surface area (Å²) in [5, 5.41) is 0. The molecule has 0 bridgehead atoms. The van der Waals surface area contributed by atoms with Gasteiger partial charge in [-0.05, 0) is 25.5 Å². The van der Waals surface area contributed by atoms with Crippen molar-refractivity contribution in [3.8, 4) is 0 Å². The average Bonchev–Trinajstić information content (AvgIpc) is 3.00. The number of aryl methyl sites for hydroxylation is 1. The van der Waals surface area contributed by atoms with Gasteiger partial charge in [-0.15, -0.1) is 0 Å². The van der Waals surface area contributed by atoms with E-state index in [0.29, 0.717) is 0 Å². The van der Waals surface area contributed by atoms with Crippen molar-refractivity contribution in [1.82, 2.24) is 9.97 Å². The maximum atomic E-state index is 11.6. The second-order valence-corrected chi connectivity index (χ2v) is 6.08. The van der Waals surface area contributed by atoms with Crippen LogP contribution in [0.4, 0.5) is 13.2 Å². The molecule has 2 heterocycles. The van der Waals surface area contributed by atoms with Crippen LogP contribution < -0.4 is 4.57 Å². The number of pyridine rings is 1. The van der Waals surface area contributed by atoms with Gasteiger partial charge in [0.1, 0.15) is 12.4 Å². The van der Waals surface area contributed by atoms with Crippen LogP contribution >= 0.6 is 0 Å².